The Balaban J connectivity index is 1.84. The summed E-state index contributed by atoms with van der Waals surface area (Å²) in [5.74, 6) is 1.11. The van der Waals surface area contributed by atoms with E-state index < -0.39 is 0 Å². The van der Waals surface area contributed by atoms with Gasteiger partial charge < -0.3 is 9.88 Å². The number of rotatable bonds is 2. The van der Waals surface area contributed by atoms with Crippen LogP contribution < -0.4 is 5.32 Å². The smallest absolute Gasteiger partial charge is 0.137 e. The van der Waals surface area contributed by atoms with Crippen LogP contribution in [0.15, 0.2) is 18.9 Å². The van der Waals surface area contributed by atoms with Crippen molar-refractivity contribution in [3.63, 3.8) is 0 Å². The lowest BCUT2D eigenvalue weighted by Gasteiger charge is -2.13. The molecule has 1 aliphatic heterocycles. The number of fused-ring (bicyclic) bond motifs is 1. The zero-order valence-electron chi connectivity index (χ0n) is 8.30. The molecule has 3 rings (SSSR count). The second-order valence-electron chi connectivity index (χ2n) is 3.61. The average Bonchev–Trinajstić information content (AvgIpc) is 2.86. The van der Waals surface area contributed by atoms with Gasteiger partial charge >= 0.3 is 0 Å². The Morgan fingerprint density at radius 1 is 1.47 bits per heavy atom. The zero-order valence-corrected chi connectivity index (χ0v) is 8.30. The Morgan fingerprint density at radius 3 is 3.27 bits per heavy atom. The molecule has 0 saturated heterocycles. The van der Waals surface area contributed by atoms with Crippen molar-refractivity contribution in [3.8, 4) is 0 Å². The molecule has 0 atom stereocenters. The van der Waals surface area contributed by atoms with Crippen LogP contribution in [0.1, 0.15) is 11.5 Å². The van der Waals surface area contributed by atoms with Gasteiger partial charge in [0.25, 0.3) is 0 Å². The Kier molecular flexibility index (Phi) is 1.99. The molecule has 0 radical (unpaired) electrons. The van der Waals surface area contributed by atoms with Gasteiger partial charge in [0.15, 0.2) is 0 Å². The van der Waals surface area contributed by atoms with E-state index >= 15 is 0 Å². The first-order valence-electron chi connectivity index (χ1n) is 5.00. The van der Waals surface area contributed by atoms with E-state index in [1.54, 1.807) is 11.0 Å². The van der Waals surface area contributed by atoms with E-state index in [0.29, 0.717) is 6.54 Å². The lowest BCUT2D eigenvalue weighted by molar-refractivity contribution is 0.505. The minimum Gasteiger partial charge on any atom is -0.332 e. The van der Waals surface area contributed by atoms with Crippen LogP contribution in [0.3, 0.4) is 0 Å². The topological polar surface area (TPSA) is 60.6 Å². The van der Waals surface area contributed by atoms with Crippen LogP contribution >= 0.6 is 0 Å². The molecule has 15 heavy (non-hydrogen) atoms. The van der Waals surface area contributed by atoms with E-state index in [0.717, 1.165) is 31.2 Å². The number of imidazole rings is 1. The molecule has 2 aromatic rings. The second-order valence-corrected chi connectivity index (χ2v) is 3.61. The lowest BCUT2D eigenvalue weighted by Crippen LogP contribution is -2.27. The third kappa shape index (κ3) is 1.63. The normalized spacial score (nSPS) is 15.2. The van der Waals surface area contributed by atoms with E-state index in [4.69, 9.17) is 0 Å². The Morgan fingerprint density at radius 2 is 2.47 bits per heavy atom. The number of nitrogens with zero attached hydrogens (tertiary/aromatic N) is 5. The van der Waals surface area contributed by atoms with Crippen molar-refractivity contribution in [1.29, 1.82) is 0 Å². The summed E-state index contributed by atoms with van der Waals surface area (Å²) in [5, 5.41) is 7.35. The van der Waals surface area contributed by atoms with Crippen molar-refractivity contribution in [3.05, 3.63) is 30.4 Å². The van der Waals surface area contributed by atoms with E-state index in [2.05, 4.69) is 31.1 Å². The molecule has 6 heteroatoms. The maximum Gasteiger partial charge on any atom is 0.137 e. The predicted octanol–water partition coefficient (Wildman–Crippen LogP) is -0.374. The summed E-state index contributed by atoms with van der Waals surface area (Å²) in [6, 6.07) is 0. The van der Waals surface area contributed by atoms with Crippen molar-refractivity contribution in [2.75, 3.05) is 6.54 Å². The summed E-state index contributed by atoms with van der Waals surface area (Å²) in [7, 11) is 0. The van der Waals surface area contributed by atoms with Crippen molar-refractivity contribution in [2.24, 2.45) is 0 Å². The van der Waals surface area contributed by atoms with E-state index in [1.807, 2.05) is 0 Å². The fraction of sp³-hybridized carbons (Fsp3) is 0.444. The van der Waals surface area contributed by atoms with Crippen LogP contribution in [0, 0.1) is 0 Å². The zero-order chi connectivity index (χ0) is 10.1. The molecule has 0 spiro atoms. The first-order chi connectivity index (χ1) is 7.42. The van der Waals surface area contributed by atoms with Gasteiger partial charge in [0.2, 0.25) is 0 Å². The number of nitrogens with one attached hydrogen (secondary N) is 1. The van der Waals surface area contributed by atoms with Crippen molar-refractivity contribution >= 4 is 0 Å². The summed E-state index contributed by atoms with van der Waals surface area (Å²) in [5.41, 5.74) is 1.04. The maximum atomic E-state index is 4.54. The monoisotopic (exact) mass is 204 g/mol. The maximum absolute atomic E-state index is 4.54. The Bertz CT molecular complexity index is 420. The number of hydrogen-bond acceptors (Lipinski definition) is 4. The van der Waals surface area contributed by atoms with Crippen LogP contribution in [0.25, 0.3) is 0 Å². The average molecular weight is 204 g/mol. The highest BCUT2D eigenvalue weighted by molar-refractivity contribution is 5.06. The predicted molar refractivity (Wildman–Crippen MR) is 53.1 cm³/mol. The SMILES string of the molecule is c1ncn(Cc2cn3c(n2)CNCC3)n1. The van der Waals surface area contributed by atoms with Crippen molar-refractivity contribution < 1.29 is 0 Å². The van der Waals surface area contributed by atoms with Gasteiger partial charge in [-0.2, -0.15) is 5.10 Å². The second kappa shape index (κ2) is 3.47. The fourth-order valence-corrected chi connectivity index (χ4v) is 1.80. The molecular formula is C9H12N6. The van der Waals surface area contributed by atoms with Gasteiger partial charge in [-0.3, -0.25) is 0 Å². The van der Waals surface area contributed by atoms with Gasteiger partial charge in [0, 0.05) is 19.3 Å². The molecule has 2 aromatic heterocycles. The molecule has 1 aliphatic rings. The van der Waals surface area contributed by atoms with Gasteiger partial charge in [-0.1, -0.05) is 0 Å². The van der Waals surface area contributed by atoms with Gasteiger partial charge in [-0.25, -0.2) is 14.6 Å². The van der Waals surface area contributed by atoms with E-state index in [-0.39, 0.29) is 0 Å². The first-order valence-corrected chi connectivity index (χ1v) is 5.00. The van der Waals surface area contributed by atoms with Crippen LogP contribution in [-0.4, -0.2) is 30.9 Å². The molecule has 6 nitrogen and oxygen atoms in total. The highest BCUT2D eigenvalue weighted by atomic mass is 15.3. The van der Waals surface area contributed by atoms with Crippen LogP contribution in [0.4, 0.5) is 0 Å². The molecule has 78 valence electrons. The summed E-state index contributed by atoms with van der Waals surface area (Å²) in [4.78, 5) is 8.44. The Hall–Kier alpha value is -1.69. The molecule has 0 aromatic carbocycles. The quantitative estimate of drug-likeness (QED) is 0.724. The third-order valence-corrected chi connectivity index (χ3v) is 2.51. The molecule has 0 unspecified atom stereocenters. The van der Waals surface area contributed by atoms with Crippen LogP contribution in [-0.2, 0) is 19.6 Å². The van der Waals surface area contributed by atoms with Crippen LogP contribution in [0.5, 0.6) is 0 Å². The van der Waals surface area contributed by atoms with Crippen LogP contribution in [0.2, 0.25) is 0 Å². The fourth-order valence-electron chi connectivity index (χ4n) is 1.80. The molecule has 0 amide bonds. The van der Waals surface area contributed by atoms with Crippen molar-refractivity contribution in [2.45, 2.75) is 19.6 Å². The third-order valence-electron chi connectivity index (χ3n) is 2.51. The molecule has 0 bridgehead atoms. The van der Waals surface area contributed by atoms with E-state index in [9.17, 15) is 0 Å². The molecule has 1 N–H and O–H groups in total. The molecular weight excluding hydrogens is 192 g/mol. The largest absolute Gasteiger partial charge is 0.332 e. The molecule has 0 aliphatic carbocycles. The summed E-state index contributed by atoms with van der Waals surface area (Å²) < 4.78 is 3.98. The summed E-state index contributed by atoms with van der Waals surface area (Å²) in [6.07, 6.45) is 5.34. The van der Waals surface area contributed by atoms with Gasteiger partial charge in [0.1, 0.15) is 18.5 Å². The highest BCUT2D eigenvalue weighted by Crippen LogP contribution is 2.07. The first kappa shape index (κ1) is 8.60. The molecule has 0 saturated carbocycles. The highest BCUT2D eigenvalue weighted by Gasteiger charge is 2.11. The Labute approximate surface area is 87.0 Å². The minimum atomic E-state index is 0.694. The van der Waals surface area contributed by atoms with Gasteiger partial charge in [0.05, 0.1) is 18.8 Å². The van der Waals surface area contributed by atoms with Gasteiger partial charge in [-0.15, -0.1) is 0 Å². The number of aromatic nitrogens is 5. The summed E-state index contributed by atoms with van der Waals surface area (Å²) in [6.45, 7) is 3.57. The number of hydrogen-bond donors (Lipinski definition) is 1. The lowest BCUT2D eigenvalue weighted by atomic mass is 10.4. The molecule has 0 fully saturated rings. The van der Waals surface area contributed by atoms with Gasteiger partial charge in [-0.05, 0) is 0 Å². The summed E-state index contributed by atoms with van der Waals surface area (Å²) >= 11 is 0. The minimum absolute atomic E-state index is 0.694. The molecule has 3 heterocycles. The van der Waals surface area contributed by atoms with E-state index in [1.165, 1.54) is 6.33 Å². The standard InChI is InChI=1S/C9H12N6/c1-2-14-4-8(13-9(14)3-10-1)5-15-7-11-6-12-15/h4,6-7,10H,1-3,5H2. The van der Waals surface area contributed by atoms with Crippen molar-refractivity contribution in [1.82, 2.24) is 29.6 Å².